The minimum atomic E-state index is -3.78. The zero-order valence-corrected chi connectivity index (χ0v) is 23.9. The number of benzene rings is 3. The quantitative estimate of drug-likeness (QED) is 0.333. The Balaban J connectivity index is 1.65. The van der Waals surface area contributed by atoms with Crippen molar-refractivity contribution in [2.24, 2.45) is 0 Å². The van der Waals surface area contributed by atoms with Crippen LogP contribution in [0.3, 0.4) is 0 Å². The average molecular weight is 582 g/mol. The van der Waals surface area contributed by atoms with Gasteiger partial charge in [0.1, 0.15) is 11.9 Å². The van der Waals surface area contributed by atoms with E-state index < -0.39 is 34.3 Å². The number of amides is 2. The Hall–Kier alpha value is -3.60. The predicted molar refractivity (Wildman–Crippen MR) is 155 cm³/mol. The Bertz CT molecular complexity index is 1380. The molecule has 4 rings (SSSR count). The number of carbonyl (C=O) groups is 2. The second-order valence-electron chi connectivity index (χ2n) is 10.3. The molecule has 2 amide bonds. The third-order valence-corrected chi connectivity index (χ3v) is 8.24. The van der Waals surface area contributed by atoms with Gasteiger partial charge in [-0.1, -0.05) is 72.8 Å². The monoisotopic (exact) mass is 581 g/mol. The molecule has 1 heterocycles. The van der Waals surface area contributed by atoms with E-state index >= 15 is 0 Å². The molecule has 0 bridgehead atoms. The Labute approximate surface area is 241 Å². The molecule has 3 aromatic carbocycles. The Morgan fingerprint density at radius 3 is 2.12 bits per heavy atom. The Morgan fingerprint density at radius 2 is 1.54 bits per heavy atom. The highest BCUT2D eigenvalue weighted by atomic mass is 32.2. The lowest BCUT2D eigenvalue weighted by Crippen LogP contribution is -2.54. The average Bonchev–Trinajstić information content (AvgIpc) is 3.49. The molecule has 0 saturated carbocycles. The van der Waals surface area contributed by atoms with E-state index in [1.807, 2.05) is 36.4 Å². The molecule has 8 nitrogen and oxygen atoms in total. The van der Waals surface area contributed by atoms with E-state index in [-0.39, 0.29) is 31.5 Å². The Kier molecular flexibility index (Phi) is 10.6. The minimum Gasteiger partial charge on any atom is -0.376 e. The van der Waals surface area contributed by atoms with Gasteiger partial charge in [0.15, 0.2) is 0 Å². The topological polar surface area (TPSA) is 96.0 Å². The van der Waals surface area contributed by atoms with Crippen LogP contribution in [-0.2, 0) is 43.9 Å². The van der Waals surface area contributed by atoms with Crippen LogP contribution >= 0.6 is 0 Å². The van der Waals surface area contributed by atoms with Crippen molar-refractivity contribution in [3.05, 3.63) is 107 Å². The standard InChI is InChI=1S/C31H36FN3O5S/c1-41(38,39)34(21-25-11-6-3-7-12-25)23-30(36)35(22-26-14-16-27(32)17-15-26)29(19-24-9-4-2-5-10-24)31(37)33-20-28-13-8-18-40-28/h2-7,9-12,14-17,28-29H,8,13,18-23H2,1H3,(H,33,37)/t28-,29-/m0/s1. The summed E-state index contributed by atoms with van der Waals surface area (Å²) in [5.74, 6) is -1.33. The molecule has 3 aromatic rings. The molecular weight excluding hydrogens is 545 g/mol. The van der Waals surface area contributed by atoms with Crippen LogP contribution in [0.1, 0.15) is 29.5 Å². The molecule has 41 heavy (non-hydrogen) atoms. The second-order valence-corrected chi connectivity index (χ2v) is 12.2. The first-order valence-electron chi connectivity index (χ1n) is 13.7. The number of sulfonamides is 1. The van der Waals surface area contributed by atoms with Crippen LogP contribution in [-0.4, -0.2) is 67.5 Å². The van der Waals surface area contributed by atoms with Gasteiger partial charge in [-0.05, 0) is 41.7 Å². The van der Waals surface area contributed by atoms with E-state index in [0.29, 0.717) is 18.7 Å². The van der Waals surface area contributed by atoms with Gasteiger partial charge in [-0.3, -0.25) is 9.59 Å². The minimum absolute atomic E-state index is 0.00433. The third kappa shape index (κ3) is 9.21. The number of hydrogen-bond donors (Lipinski definition) is 1. The summed E-state index contributed by atoms with van der Waals surface area (Å²) in [5.41, 5.74) is 2.18. The Morgan fingerprint density at radius 1 is 0.927 bits per heavy atom. The SMILES string of the molecule is CS(=O)(=O)N(CC(=O)N(Cc1ccc(F)cc1)[C@@H](Cc1ccccc1)C(=O)NC[C@@H]1CCCO1)Cc1ccccc1. The molecule has 1 aliphatic rings. The molecule has 0 radical (unpaired) electrons. The number of nitrogens with zero attached hydrogens (tertiary/aromatic N) is 2. The van der Waals surface area contributed by atoms with Gasteiger partial charge >= 0.3 is 0 Å². The highest BCUT2D eigenvalue weighted by molar-refractivity contribution is 7.88. The lowest BCUT2D eigenvalue weighted by atomic mass is 10.0. The van der Waals surface area contributed by atoms with Crippen molar-refractivity contribution in [2.75, 3.05) is 26.0 Å². The molecule has 1 fully saturated rings. The first kappa shape index (κ1) is 30.4. The predicted octanol–water partition coefficient (Wildman–Crippen LogP) is 3.52. The van der Waals surface area contributed by atoms with E-state index in [9.17, 15) is 22.4 Å². The summed E-state index contributed by atoms with van der Waals surface area (Å²) < 4.78 is 46.0. The number of halogens is 1. The maximum absolute atomic E-state index is 14.0. The molecule has 218 valence electrons. The molecule has 0 spiro atoms. The zero-order chi connectivity index (χ0) is 29.2. The van der Waals surface area contributed by atoms with Crippen LogP contribution in [0.5, 0.6) is 0 Å². The van der Waals surface area contributed by atoms with Gasteiger partial charge in [0, 0.05) is 32.7 Å². The molecule has 2 atom stereocenters. The number of hydrogen-bond acceptors (Lipinski definition) is 5. The van der Waals surface area contributed by atoms with Crippen LogP contribution < -0.4 is 5.32 Å². The van der Waals surface area contributed by atoms with Crippen molar-refractivity contribution in [1.29, 1.82) is 0 Å². The highest BCUT2D eigenvalue weighted by Crippen LogP contribution is 2.18. The summed E-state index contributed by atoms with van der Waals surface area (Å²) in [7, 11) is -3.78. The van der Waals surface area contributed by atoms with Gasteiger partial charge in [0.25, 0.3) is 0 Å². The molecule has 1 saturated heterocycles. The van der Waals surface area contributed by atoms with Gasteiger partial charge in [0.2, 0.25) is 21.8 Å². The van der Waals surface area contributed by atoms with Crippen LogP contribution in [0.2, 0.25) is 0 Å². The van der Waals surface area contributed by atoms with Gasteiger partial charge in [0.05, 0.1) is 18.9 Å². The lowest BCUT2D eigenvalue weighted by Gasteiger charge is -2.33. The van der Waals surface area contributed by atoms with Gasteiger partial charge in [-0.15, -0.1) is 0 Å². The van der Waals surface area contributed by atoms with Crippen molar-refractivity contribution in [3.63, 3.8) is 0 Å². The summed E-state index contributed by atoms with van der Waals surface area (Å²) in [6, 6.07) is 23.1. The van der Waals surface area contributed by atoms with E-state index in [4.69, 9.17) is 4.74 Å². The normalized spacial score (nSPS) is 15.9. The smallest absolute Gasteiger partial charge is 0.243 e. The first-order valence-corrected chi connectivity index (χ1v) is 15.5. The zero-order valence-electron chi connectivity index (χ0n) is 23.1. The van der Waals surface area contributed by atoms with E-state index in [0.717, 1.165) is 34.5 Å². The first-order chi connectivity index (χ1) is 19.7. The molecule has 0 aliphatic carbocycles. The molecular formula is C31H36FN3O5S. The van der Waals surface area contributed by atoms with Gasteiger partial charge in [-0.25, -0.2) is 12.8 Å². The van der Waals surface area contributed by atoms with Gasteiger partial charge in [-0.2, -0.15) is 4.31 Å². The highest BCUT2D eigenvalue weighted by Gasteiger charge is 2.33. The number of carbonyl (C=O) groups excluding carboxylic acids is 2. The fraction of sp³-hybridized carbons (Fsp3) is 0.355. The largest absolute Gasteiger partial charge is 0.376 e. The van der Waals surface area contributed by atoms with Crippen molar-refractivity contribution < 1.29 is 27.1 Å². The van der Waals surface area contributed by atoms with Crippen molar-refractivity contribution >= 4 is 21.8 Å². The van der Waals surface area contributed by atoms with Crippen molar-refractivity contribution in [1.82, 2.24) is 14.5 Å². The second kappa shape index (κ2) is 14.3. The summed E-state index contributed by atoms with van der Waals surface area (Å²) in [4.78, 5) is 29.1. The number of ether oxygens (including phenoxy) is 1. The van der Waals surface area contributed by atoms with Crippen LogP contribution in [0.25, 0.3) is 0 Å². The van der Waals surface area contributed by atoms with E-state index in [1.165, 1.54) is 17.0 Å². The maximum Gasteiger partial charge on any atom is 0.243 e. The van der Waals surface area contributed by atoms with E-state index in [2.05, 4.69) is 5.32 Å². The lowest BCUT2D eigenvalue weighted by molar-refractivity contribution is -0.141. The van der Waals surface area contributed by atoms with Crippen LogP contribution in [0.4, 0.5) is 4.39 Å². The van der Waals surface area contributed by atoms with Crippen LogP contribution in [0, 0.1) is 5.82 Å². The number of rotatable bonds is 13. The fourth-order valence-corrected chi connectivity index (χ4v) is 5.53. The van der Waals surface area contributed by atoms with Crippen molar-refractivity contribution in [2.45, 2.75) is 44.5 Å². The summed E-state index contributed by atoms with van der Waals surface area (Å²) in [6.07, 6.45) is 2.94. The number of nitrogens with one attached hydrogen (secondary N) is 1. The maximum atomic E-state index is 14.0. The molecule has 10 heteroatoms. The van der Waals surface area contributed by atoms with E-state index in [1.54, 1.807) is 36.4 Å². The molecule has 0 unspecified atom stereocenters. The molecule has 0 aromatic heterocycles. The fourth-order valence-electron chi connectivity index (χ4n) is 4.80. The summed E-state index contributed by atoms with van der Waals surface area (Å²) in [6.45, 7) is 0.495. The molecule has 1 N–H and O–H groups in total. The summed E-state index contributed by atoms with van der Waals surface area (Å²) >= 11 is 0. The molecule has 1 aliphatic heterocycles. The third-order valence-electron chi connectivity index (χ3n) is 7.05. The summed E-state index contributed by atoms with van der Waals surface area (Å²) in [5, 5.41) is 2.95. The van der Waals surface area contributed by atoms with Crippen molar-refractivity contribution in [3.8, 4) is 0 Å². The van der Waals surface area contributed by atoms with Crippen LogP contribution in [0.15, 0.2) is 84.9 Å². The van der Waals surface area contributed by atoms with Gasteiger partial charge < -0.3 is 15.0 Å².